The molecule has 0 aliphatic heterocycles. The number of nitrogens with one attached hydrogen (secondary N) is 1. The van der Waals surface area contributed by atoms with Crippen LogP contribution in [0.1, 0.15) is 43.9 Å². The van der Waals surface area contributed by atoms with Gasteiger partial charge in [0.25, 0.3) is 0 Å². The zero-order valence-electron chi connectivity index (χ0n) is 18.0. The highest BCUT2D eigenvalue weighted by Crippen LogP contribution is 2.24. The molecule has 0 spiro atoms. The molecule has 2 rings (SSSR count). The number of rotatable bonds is 9. The van der Waals surface area contributed by atoms with Crippen molar-refractivity contribution in [1.82, 2.24) is 10.2 Å². The fraction of sp³-hybridized carbons (Fsp3) is 0.417. The minimum atomic E-state index is -0.576. The second-order valence-corrected chi connectivity index (χ2v) is 8.83. The van der Waals surface area contributed by atoms with Gasteiger partial charge in [0.05, 0.1) is 6.42 Å². The van der Waals surface area contributed by atoms with Crippen molar-refractivity contribution in [3.8, 4) is 0 Å². The highest BCUT2D eigenvalue weighted by molar-refractivity contribution is 6.35. The van der Waals surface area contributed by atoms with Gasteiger partial charge in [-0.25, -0.2) is 0 Å². The first-order chi connectivity index (χ1) is 14.2. The Labute approximate surface area is 189 Å². The van der Waals surface area contributed by atoms with Crippen LogP contribution < -0.4 is 5.32 Å². The number of carbonyl (C=O) groups excluding carboxylic acids is 2. The second kappa shape index (κ2) is 11.4. The summed E-state index contributed by atoms with van der Waals surface area (Å²) in [6, 6.07) is 12.5. The zero-order valence-corrected chi connectivity index (χ0v) is 19.6. The third kappa shape index (κ3) is 7.03. The van der Waals surface area contributed by atoms with Crippen molar-refractivity contribution in [1.29, 1.82) is 0 Å². The Balaban J connectivity index is 2.30. The number of nitrogens with zero attached hydrogens (tertiary/aromatic N) is 1. The topological polar surface area (TPSA) is 49.4 Å². The molecule has 0 aliphatic carbocycles. The third-order valence-electron chi connectivity index (χ3n) is 4.90. The fourth-order valence-corrected chi connectivity index (χ4v) is 3.63. The molecule has 30 heavy (non-hydrogen) atoms. The normalized spacial score (nSPS) is 12.0. The molecule has 0 aliphatic rings. The second-order valence-electron chi connectivity index (χ2n) is 7.98. The van der Waals surface area contributed by atoms with Crippen molar-refractivity contribution in [3.63, 3.8) is 0 Å². The molecule has 0 aromatic heterocycles. The highest BCUT2D eigenvalue weighted by atomic mass is 35.5. The van der Waals surface area contributed by atoms with E-state index in [0.717, 1.165) is 16.7 Å². The summed E-state index contributed by atoms with van der Waals surface area (Å²) in [6.45, 7) is 8.80. The van der Waals surface area contributed by atoms with Gasteiger partial charge in [-0.15, -0.1) is 0 Å². The Morgan fingerprint density at radius 3 is 2.30 bits per heavy atom. The number of halogens is 2. The zero-order chi connectivity index (χ0) is 22.3. The molecule has 2 aromatic carbocycles. The summed E-state index contributed by atoms with van der Waals surface area (Å²) < 4.78 is 0. The third-order valence-corrected chi connectivity index (χ3v) is 5.49. The number of carbonyl (C=O) groups is 2. The Morgan fingerprint density at radius 2 is 1.73 bits per heavy atom. The molecule has 0 saturated carbocycles. The first-order valence-corrected chi connectivity index (χ1v) is 11.0. The van der Waals surface area contributed by atoms with Gasteiger partial charge in [0.2, 0.25) is 11.8 Å². The van der Waals surface area contributed by atoms with Crippen molar-refractivity contribution >= 4 is 35.0 Å². The first-order valence-electron chi connectivity index (χ1n) is 10.3. The standard InChI is InChI=1S/C24H30Cl2N2O2/c1-5-22(24(30)27-14-16(2)3)28(15-19-10-11-20(25)13-21(19)26)23(29)12-18-8-6-17(4)7-9-18/h6-11,13,16,22H,5,12,14-15H2,1-4H3,(H,27,30)/t22-/m0/s1. The quantitative estimate of drug-likeness (QED) is 0.556. The predicted molar refractivity (Wildman–Crippen MR) is 124 cm³/mol. The van der Waals surface area contributed by atoms with Crippen LogP contribution in [0.3, 0.4) is 0 Å². The van der Waals surface area contributed by atoms with Gasteiger partial charge in [-0.3, -0.25) is 9.59 Å². The molecule has 6 heteroatoms. The monoisotopic (exact) mass is 448 g/mol. The number of amides is 2. The van der Waals surface area contributed by atoms with E-state index in [1.54, 1.807) is 23.1 Å². The molecule has 162 valence electrons. The summed E-state index contributed by atoms with van der Waals surface area (Å²) in [5.41, 5.74) is 2.80. The average Bonchev–Trinajstić information content (AvgIpc) is 2.69. The van der Waals surface area contributed by atoms with Crippen LogP contribution in [-0.4, -0.2) is 29.3 Å². The molecule has 0 radical (unpaired) electrons. The van der Waals surface area contributed by atoms with Crippen molar-refractivity contribution in [2.75, 3.05) is 6.54 Å². The van der Waals surface area contributed by atoms with Gasteiger partial charge in [-0.2, -0.15) is 0 Å². The molecule has 0 fully saturated rings. The van der Waals surface area contributed by atoms with Crippen LogP contribution >= 0.6 is 23.2 Å². The van der Waals surface area contributed by atoms with E-state index in [-0.39, 0.29) is 24.8 Å². The van der Waals surface area contributed by atoms with Crippen LogP contribution in [0.5, 0.6) is 0 Å². The lowest BCUT2D eigenvalue weighted by atomic mass is 10.1. The average molecular weight is 449 g/mol. The van der Waals surface area contributed by atoms with Gasteiger partial charge in [0.1, 0.15) is 6.04 Å². The number of hydrogen-bond acceptors (Lipinski definition) is 2. The summed E-state index contributed by atoms with van der Waals surface area (Å²) in [6.07, 6.45) is 0.730. The van der Waals surface area contributed by atoms with E-state index in [1.807, 2.05) is 52.0 Å². The van der Waals surface area contributed by atoms with Crippen LogP contribution in [-0.2, 0) is 22.6 Å². The van der Waals surface area contributed by atoms with Crippen molar-refractivity contribution < 1.29 is 9.59 Å². The molecule has 2 aromatic rings. The first kappa shape index (κ1) is 24.2. The summed E-state index contributed by atoms with van der Waals surface area (Å²) >= 11 is 12.4. The fourth-order valence-electron chi connectivity index (χ4n) is 3.16. The minimum Gasteiger partial charge on any atom is -0.354 e. The summed E-state index contributed by atoms with van der Waals surface area (Å²) in [4.78, 5) is 27.8. The van der Waals surface area contributed by atoms with Gasteiger partial charge < -0.3 is 10.2 Å². The maximum atomic E-state index is 13.3. The smallest absolute Gasteiger partial charge is 0.242 e. The lowest BCUT2D eigenvalue weighted by molar-refractivity contribution is -0.141. The van der Waals surface area contributed by atoms with E-state index in [0.29, 0.717) is 28.9 Å². The molecule has 0 unspecified atom stereocenters. The molecule has 1 N–H and O–H groups in total. The SMILES string of the molecule is CC[C@@H](C(=O)NCC(C)C)N(Cc1ccc(Cl)cc1Cl)C(=O)Cc1ccc(C)cc1. The largest absolute Gasteiger partial charge is 0.354 e. The van der Waals surface area contributed by atoms with Gasteiger partial charge in [-0.1, -0.05) is 79.9 Å². The van der Waals surface area contributed by atoms with Crippen LogP contribution in [0.15, 0.2) is 42.5 Å². The van der Waals surface area contributed by atoms with E-state index < -0.39 is 6.04 Å². The van der Waals surface area contributed by atoms with Gasteiger partial charge >= 0.3 is 0 Å². The maximum absolute atomic E-state index is 13.3. The summed E-state index contributed by atoms with van der Waals surface area (Å²) in [5.74, 6) is 0.0684. The van der Waals surface area contributed by atoms with E-state index in [4.69, 9.17) is 23.2 Å². The molecular formula is C24H30Cl2N2O2. The Kier molecular flexibility index (Phi) is 9.19. The Bertz CT molecular complexity index is 866. The molecule has 0 bridgehead atoms. The van der Waals surface area contributed by atoms with Crippen molar-refractivity contribution in [2.45, 2.75) is 53.1 Å². The molecule has 4 nitrogen and oxygen atoms in total. The molecule has 0 saturated heterocycles. The van der Waals surface area contributed by atoms with E-state index in [9.17, 15) is 9.59 Å². The van der Waals surface area contributed by atoms with E-state index >= 15 is 0 Å². The maximum Gasteiger partial charge on any atom is 0.242 e. The summed E-state index contributed by atoms with van der Waals surface area (Å²) in [5, 5.41) is 3.97. The number of hydrogen-bond donors (Lipinski definition) is 1. The minimum absolute atomic E-state index is 0.114. The van der Waals surface area contributed by atoms with Gasteiger partial charge in [0.15, 0.2) is 0 Å². The van der Waals surface area contributed by atoms with Gasteiger partial charge in [0, 0.05) is 23.1 Å². The Hall–Kier alpha value is -2.04. The van der Waals surface area contributed by atoms with E-state index in [2.05, 4.69) is 5.32 Å². The number of aryl methyl sites for hydroxylation is 1. The lowest BCUT2D eigenvalue weighted by Gasteiger charge is -2.31. The van der Waals surface area contributed by atoms with Crippen LogP contribution in [0.25, 0.3) is 0 Å². The van der Waals surface area contributed by atoms with Crippen molar-refractivity contribution in [2.24, 2.45) is 5.92 Å². The van der Waals surface area contributed by atoms with Crippen LogP contribution in [0.4, 0.5) is 0 Å². The van der Waals surface area contributed by atoms with Crippen molar-refractivity contribution in [3.05, 3.63) is 69.2 Å². The lowest BCUT2D eigenvalue weighted by Crippen LogP contribution is -2.50. The van der Waals surface area contributed by atoms with Crippen LogP contribution in [0, 0.1) is 12.8 Å². The molecule has 1 atom stereocenters. The van der Waals surface area contributed by atoms with E-state index in [1.165, 1.54) is 0 Å². The molecular weight excluding hydrogens is 419 g/mol. The van der Waals surface area contributed by atoms with Crippen LogP contribution in [0.2, 0.25) is 10.0 Å². The molecule has 2 amide bonds. The number of benzene rings is 2. The molecule has 0 heterocycles. The summed E-state index contributed by atoms with van der Waals surface area (Å²) in [7, 11) is 0. The predicted octanol–water partition coefficient (Wildman–Crippen LogP) is 5.42. The van der Waals surface area contributed by atoms with Gasteiger partial charge in [-0.05, 0) is 42.5 Å². The Morgan fingerprint density at radius 1 is 1.07 bits per heavy atom. The highest BCUT2D eigenvalue weighted by Gasteiger charge is 2.29.